The summed E-state index contributed by atoms with van der Waals surface area (Å²) < 4.78 is 0. The molecule has 0 saturated carbocycles. The highest BCUT2D eigenvalue weighted by molar-refractivity contribution is 7.16. The quantitative estimate of drug-likeness (QED) is 0.584. The van der Waals surface area contributed by atoms with Crippen molar-refractivity contribution in [3.8, 4) is 10.4 Å². The number of carbonyl (C=O) groups excluding carboxylic acids is 1. The Kier molecular flexibility index (Phi) is 5.64. The van der Waals surface area contributed by atoms with Crippen LogP contribution in [-0.4, -0.2) is 22.8 Å². The van der Waals surface area contributed by atoms with Crippen LogP contribution in [0.25, 0.3) is 16.5 Å². The van der Waals surface area contributed by atoms with E-state index in [1.54, 1.807) is 41.8 Å². The molecule has 1 amide bonds. The molecular weight excluding hydrogens is 352 g/mol. The molecule has 0 aliphatic heterocycles. The first kappa shape index (κ1) is 17.4. The lowest BCUT2D eigenvalue weighted by atomic mass is 10.2. The average Bonchev–Trinajstić information content (AvgIpc) is 3.09. The number of hydrogen-bond acceptors (Lipinski definition) is 3. The third kappa shape index (κ3) is 4.56. The fourth-order valence-corrected chi connectivity index (χ4v) is 3.62. The van der Waals surface area contributed by atoms with Crippen molar-refractivity contribution in [2.75, 3.05) is 7.05 Å². The predicted octanol–water partition coefficient (Wildman–Crippen LogP) is 5.14. The molecule has 0 saturated heterocycles. The van der Waals surface area contributed by atoms with Crippen molar-refractivity contribution in [2.45, 2.75) is 6.54 Å². The number of nitrogens with zero attached hydrogens (tertiary/aromatic N) is 2. The van der Waals surface area contributed by atoms with Crippen LogP contribution in [-0.2, 0) is 11.3 Å². The van der Waals surface area contributed by atoms with Gasteiger partial charge in [-0.25, -0.2) is 0 Å². The van der Waals surface area contributed by atoms with Crippen molar-refractivity contribution in [3.63, 3.8) is 0 Å². The SMILES string of the molecule is CN(Cc1cccnc1)C(=O)C=Cc1ccc(-c2ccccc2Cl)s1. The molecule has 0 atom stereocenters. The predicted molar refractivity (Wildman–Crippen MR) is 105 cm³/mol. The number of thiophene rings is 1. The van der Waals surface area contributed by atoms with Gasteiger partial charge in [0.1, 0.15) is 0 Å². The van der Waals surface area contributed by atoms with Crippen LogP contribution in [0, 0.1) is 0 Å². The maximum atomic E-state index is 12.3. The number of carbonyl (C=O) groups is 1. The van der Waals surface area contributed by atoms with Crippen LogP contribution in [0.1, 0.15) is 10.4 Å². The van der Waals surface area contributed by atoms with Gasteiger partial charge in [-0.2, -0.15) is 0 Å². The molecule has 3 nitrogen and oxygen atoms in total. The number of halogens is 1. The van der Waals surface area contributed by atoms with Crippen molar-refractivity contribution < 1.29 is 4.79 Å². The first-order valence-electron chi connectivity index (χ1n) is 7.80. The molecule has 1 aromatic carbocycles. The number of aromatic nitrogens is 1. The molecular formula is C20H17ClN2OS. The Hall–Kier alpha value is -2.43. The minimum atomic E-state index is -0.0449. The molecule has 3 aromatic rings. The van der Waals surface area contributed by atoms with Crippen LogP contribution in [0.4, 0.5) is 0 Å². The van der Waals surface area contributed by atoms with Gasteiger partial charge in [0.25, 0.3) is 0 Å². The minimum Gasteiger partial charge on any atom is -0.338 e. The van der Waals surface area contributed by atoms with E-state index in [2.05, 4.69) is 4.98 Å². The lowest BCUT2D eigenvalue weighted by Crippen LogP contribution is -2.24. The Bertz CT molecular complexity index is 889. The number of hydrogen-bond donors (Lipinski definition) is 0. The van der Waals surface area contributed by atoms with Gasteiger partial charge in [0, 0.05) is 52.4 Å². The standard InChI is InChI=1S/C20H17ClN2OS/c1-23(14-15-5-4-12-22-13-15)20(24)11-9-16-8-10-19(25-16)17-6-2-3-7-18(17)21/h2-13H,14H2,1H3. The highest BCUT2D eigenvalue weighted by Crippen LogP contribution is 2.33. The molecule has 0 unspecified atom stereocenters. The summed E-state index contributed by atoms with van der Waals surface area (Å²) in [5.74, 6) is -0.0449. The smallest absolute Gasteiger partial charge is 0.246 e. The first-order valence-corrected chi connectivity index (χ1v) is 9.00. The van der Waals surface area contributed by atoms with E-state index in [-0.39, 0.29) is 5.91 Å². The zero-order valence-electron chi connectivity index (χ0n) is 13.7. The first-order chi connectivity index (χ1) is 12.1. The Morgan fingerprint density at radius 2 is 2.04 bits per heavy atom. The molecule has 25 heavy (non-hydrogen) atoms. The second-order valence-corrected chi connectivity index (χ2v) is 7.09. The van der Waals surface area contributed by atoms with Crippen molar-refractivity contribution >= 4 is 34.9 Å². The van der Waals surface area contributed by atoms with Gasteiger partial charge in [-0.3, -0.25) is 9.78 Å². The van der Waals surface area contributed by atoms with Crippen molar-refractivity contribution in [2.24, 2.45) is 0 Å². The van der Waals surface area contributed by atoms with E-state index in [0.717, 1.165) is 25.9 Å². The van der Waals surface area contributed by atoms with Gasteiger partial charge in [-0.05, 0) is 35.9 Å². The number of benzene rings is 1. The molecule has 5 heteroatoms. The van der Waals surface area contributed by atoms with Crippen molar-refractivity contribution in [3.05, 3.63) is 82.5 Å². The molecule has 0 bridgehead atoms. The highest BCUT2D eigenvalue weighted by atomic mass is 35.5. The summed E-state index contributed by atoms with van der Waals surface area (Å²) in [4.78, 5) is 20.1. The molecule has 0 N–H and O–H groups in total. The van der Waals surface area contributed by atoms with Gasteiger partial charge in [-0.1, -0.05) is 35.9 Å². The summed E-state index contributed by atoms with van der Waals surface area (Å²) in [5.41, 5.74) is 2.01. The van der Waals surface area contributed by atoms with Gasteiger partial charge in [0.2, 0.25) is 5.91 Å². The lowest BCUT2D eigenvalue weighted by molar-refractivity contribution is -0.125. The summed E-state index contributed by atoms with van der Waals surface area (Å²) in [7, 11) is 1.78. The molecule has 2 aromatic heterocycles. The fraction of sp³-hybridized carbons (Fsp3) is 0.100. The molecule has 3 rings (SSSR count). The molecule has 126 valence electrons. The van der Waals surface area contributed by atoms with Crippen LogP contribution < -0.4 is 0 Å². The highest BCUT2D eigenvalue weighted by Gasteiger charge is 2.07. The number of pyridine rings is 1. The largest absolute Gasteiger partial charge is 0.338 e. The van der Waals surface area contributed by atoms with E-state index >= 15 is 0 Å². The maximum absolute atomic E-state index is 12.3. The molecule has 0 fully saturated rings. The molecule has 0 aliphatic carbocycles. The Balaban J connectivity index is 1.66. The summed E-state index contributed by atoms with van der Waals surface area (Å²) in [6.45, 7) is 0.534. The Morgan fingerprint density at radius 3 is 2.80 bits per heavy atom. The number of rotatable bonds is 5. The van der Waals surface area contributed by atoms with E-state index in [1.807, 2.05) is 54.6 Å². The normalized spacial score (nSPS) is 11.0. The summed E-state index contributed by atoms with van der Waals surface area (Å²) in [6, 6.07) is 15.6. The Morgan fingerprint density at radius 1 is 1.20 bits per heavy atom. The van der Waals surface area contributed by atoms with Gasteiger partial charge in [0.15, 0.2) is 0 Å². The lowest BCUT2D eigenvalue weighted by Gasteiger charge is -2.14. The maximum Gasteiger partial charge on any atom is 0.246 e. The van der Waals surface area contributed by atoms with Gasteiger partial charge in [0.05, 0.1) is 0 Å². The van der Waals surface area contributed by atoms with E-state index in [4.69, 9.17) is 11.6 Å². The van der Waals surface area contributed by atoms with E-state index in [1.165, 1.54) is 0 Å². The molecule has 0 radical (unpaired) electrons. The zero-order chi connectivity index (χ0) is 17.6. The van der Waals surface area contributed by atoms with Gasteiger partial charge >= 0.3 is 0 Å². The molecule has 0 aliphatic rings. The van der Waals surface area contributed by atoms with E-state index in [0.29, 0.717) is 6.54 Å². The fourth-order valence-electron chi connectivity index (χ4n) is 2.37. The van der Waals surface area contributed by atoms with Crippen LogP contribution in [0.2, 0.25) is 5.02 Å². The summed E-state index contributed by atoms with van der Waals surface area (Å²) in [5, 5.41) is 0.729. The second-order valence-electron chi connectivity index (χ2n) is 5.57. The van der Waals surface area contributed by atoms with Crippen molar-refractivity contribution in [1.29, 1.82) is 0 Å². The number of likely N-dealkylation sites (N-methyl/N-ethyl adjacent to an activating group) is 1. The van der Waals surface area contributed by atoms with E-state index < -0.39 is 0 Å². The van der Waals surface area contributed by atoms with Gasteiger partial charge in [-0.15, -0.1) is 11.3 Å². The van der Waals surface area contributed by atoms with Crippen LogP contribution in [0.3, 0.4) is 0 Å². The van der Waals surface area contributed by atoms with E-state index in [9.17, 15) is 4.79 Å². The van der Waals surface area contributed by atoms with Crippen LogP contribution in [0.5, 0.6) is 0 Å². The second kappa shape index (κ2) is 8.10. The van der Waals surface area contributed by atoms with Gasteiger partial charge < -0.3 is 4.90 Å². The summed E-state index contributed by atoms with van der Waals surface area (Å²) >= 11 is 7.84. The average molecular weight is 369 g/mol. The third-order valence-electron chi connectivity index (χ3n) is 3.68. The number of amides is 1. The van der Waals surface area contributed by atoms with Crippen LogP contribution in [0.15, 0.2) is 67.0 Å². The monoisotopic (exact) mass is 368 g/mol. The third-order valence-corrected chi connectivity index (χ3v) is 5.09. The molecule has 2 heterocycles. The topological polar surface area (TPSA) is 33.2 Å². The summed E-state index contributed by atoms with van der Waals surface area (Å²) in [6.07, 6.45) is 6.92. The minimum absolute atomic E-state index is 0.0449. The molecule has 0 spiro atoms. The Labute approximate surface area is 156 Å². The zero-order valence-corrected chi connectivity index (χ0v) is 15.3. The van der Waals surface area contributed by atoms with Crippen LogP contribution >= 0.6 is 22.9 Å². The van der Waals surface area contributed by atoms with Crippen molar-refractivity contribution in [1.82, 2.24) is 9.88 Å².